The Morgan fingerprint density at radius 1 is 1.21 bits per heavy atom. The molecular formula is C10H16N2O2. The molecule has 0 heterocycles. The Labute approximate surface area is 83.8 Å². The summed E-state index contributed by atoms with van der Waals surface area (Å²) in [6, 6.07) is -0.192. The third-order valence-corrected chi connectivity index (χ3v) is 2.36. The molecule has 14 heavy (non-hydrogen) atoms. The van der Waals surface area contributed by atoms with Crippen molar-refractivity contribution in [3.8, 4) is 0 Å². The van der Waals surface area contributed by atoms with Gasteiger partial charge in [0.05, 0.1) is 0 Å². The van der Waals surface area contributed by atoms with Crippen LogP contribution in [0.5, 0.6) is 0 Å². The van der Waals surface area contributed by atoms with Crippen molar-refractivity contribution >= 4 is 11.9 Å². The van der Waals surface area contributed by atoms with Crippen LogP contribution in [0.2, 0.25) is 0 Å². The number of carbonyl (C=O) groups is 2. The number of rotatable bonds is 2. The summed E-state index contributed by atoms with van der Waals surface area (Å²) in [5, 5.41) is 4.94. The van der Waals surface area contributed by atoms with Gasteiger partial charge in [0.2, 0.25) is 0 Å². The lowest BCUT2D eigenvalue weighted by Crippen LogP contribution is -2.44. The molecule has 0 aromatic carbocycles. The highest BCUT2D eigenvalue weighted by molar-refractivity contribution is 5.99. The van der Waals surface area contributed by atoms with Crippen LogP contribution in [0.4, 0.5) is 4.79 Å². The number of hydrogen-bond donors (Lipinski definition) is 2. The van der Waals surface area contributed by atoms with E-state index in [-0.39, 0.29) is 6.04 Å². The minimum atomic E-state index is -0.460. The summed E-state index contributed by atoms with van der Waals surface area (Å²) >= 11 is 0. The molecule has 1 aliphatic carbocycles. The van der Waals surface area contributed by atoms with E-state index in [1.165, 1.54) is 6.42 Å². The van der Waals surface area contributed by atoms with E-state index < -0.39 is 11.9 Å². The first-order valence-corrected chi connectivity index (χ1v) is 4.96. The van der Waals surface area contributed by atoms with Gasteiger partial charge in [-0.2, -0.15) is 0 Å². The van der Waals surface area contributed by atoms with Crippen LogP contribution in [0.15, 0.2) is 12.7 Å². The lowest BCUT2D eigenvalue weighted by Gasteiger charge is -2.22. The Bertz CT molecular complexity index is 232. The van der Waals surface area contributed by atoms with Crippen molar-refractivity contribution in [2.45, 2.75) is 38.1 Å². The van der Waals surface area contributed by atoms with Crippen molar-refractivity contribution in [2.75, 3.05) is 0 Å². The fraction of sp³-hybridized carbons (Fsp3) is 0.600. The molecule has 78 valence electrons. The van der Waals surface area contributed by atoms with Gasteiger partial charge in [0.25, 0.3) is 5.91 Å². The normalized spacial score (nSPS) is 17.1. The molecule has 3 amide bonds. The van der Waals surface area contributed by atoms with Gasteiger partial charge in [-0.3, -0.25) is 10.1 Å². The molecule has 1 aliphatic rings. The van der Waals surface area contributed by atoms with Gasteiger partial charge in [-0.15, -0.1) is 0 Å². The predicted octanol–water partition coefficient (Wildman–Crippen LogP) is 1.33. The summed E-state index contributed by atoms with van der Waals surface area (Å²) in [6.45, 7) is 3.27. The summed E-state index contributed by atoms with van der Waals surface area (Å²) < 4.78 is 0. The number of nitrogens with one attached hydrogen (secondary N) is 2. The molecule has 0 radical (unpaired) electrons. The molecule has 0 aromatic rings. The summed E-state index contributed by atoms with van der Waals surface area (Å²) in [5.41, 5.74) is 0. The average molecular weight is 196 g/mol. The molecule has 0 aromatic heterocycles. The van der Waals surface area contributed by atoms with E-state index in [4.69, 9.17) is 0 Å². The molecule has 4 nitrogen and oxygen atoms in total. The zero-order chi connectivity index (χ0) is 10.4. The van der Waals surface area contributed by atoms with Crippen LogP contribution in [-0.4, -0.2) is 18.0 Å². The fourth-order valence-corrected chi connectivity index (χ4v) is 1.63. The Kier molecular flexibility index (Phi) is 4.16. The highest BCUT2D eigenvalue weighted by atomic mass is 16.2. The Morgan fingerprint density at radius 3 is 2.43 bits per heavy atom. The van der Waals surface area contributed by atoms with Crippen LogP contribution < -0.4 is 10.6 Å². The SMILES string of the molecule is C=CC(=O)NC(=O)NC1CCCCC1. The minimum Gasteiger partial charge on any atom is -0.335 e. The van der Waals surface area contributed by atoms with Crippen LogP contribution in [0, 0.1) is 0 Å². The number of carbonyl (C=O) groups excluding carboxylic acids is 2. The van der Waals surface area contributed by atoms with E-state index in [2.05, 4.69) is 17.2 Å². The van der Waals surface area contributed by atoms with E-state index in [0.29, 0.717) is 0 Å². The highest BCUT2D eigenvalue weighted by Crippen LogP contribution is 2.16. The second kappa shape index (κ2) is 5.42. The summed E-state index contributed by atoms with van der Waals surface area (Å²) in [6.07, 6.45) is 6.65. The second-order valence-corrected chi connectivity index (χ2v) is 3.50. The van der Waals surface area contributed by atoms with Crippen molar-refractivity contribution in [3.05, 3.63) is 12.7 Å². The second-order valence-electron chi connectivity index (χ2n) is 3.50. The zero-order valence-electron chi connectivity index (χ0n) is 8.21. The molecule has 0 atom stereocenters. The molecule has 0 aliphatic heterocycles. The average Bonchev–Trinajstić information content (AvgIpc) is 2.19. The van der Waals surface area contributed by atoms with Gasteiger partial charge in [-0.1, -0.05) is 25.8 Å². The van der Waals surface area contributed by atoms with Gasteiger partial charge >= 0.3 is 6.03 Å². The van der Waals surface area contributed by atoms with Gasteiger partial charge in [-0.25, -0.2) is 4.79 Å². The third-order valence-electron chi connectivity index (χ3n) is 2.36. The van der Waals surface area contributed by atoms with Crippen LogP contribution in [-0.2, 0) is 4.79 Å². The number of hydrogen-bond acceptors (Lipinski definition) is 2. The Hall–Kier alpha value is -1.32. The van der Waals surface area contributed by atoms with Gasteiger partial charge in [0.15, 0.2) is 0 Å². The van der Waals surface area contributed by atoms with Crippen molar-refractivity contribution in [1.82, 2.24) is 10.6 Å². The molecule has 1 saturated carbocycles. The van der Waals surface area contributed by atoms with E-state index in [9.17, 15) is 9.59 Å². The molecule has 2 N–H and O–H groups in total. The molecule has 0 spiro atoms. The van der Waals surface area contributed by atoms with E-state index >= 15 is 0 Å². The number of imide groups is 1. The lowest BCUT2D eigenvalue weighted by atomic mass is 9.96. The first-order chi connectivity index (χ1) is 6.72. The fourth-order valence-electron chi connectivity index (χ4n) is 1.63. The molecule has 4 heteroatoms. The summed E-state index contributed by atoms with van der Waals surface area (Å²) in [5.74, 6) is -0.460. The molecule has 0 unspecified atom stereocenters. The maximum atomic E-state index is 11.2. The topological polar surface area (TPSA) is 58.2 Å². The molecular weight excluding hydrogens is 180 g/mol. The smallest absolute Gasteiger partial charge is 0.321 e. The quantitative estimate of drug-likeness (QED) is 0.654. The summed E-state index contributed by atoms with van der Waals surface area (Å²) in [4.78, 5) is 22.0. The Morgan fingerprint density at radius 2 is 1.86 bits per heavy atom. The number of amides is 3. The van der Waals surface area contributed by atoms with E-state index in [1.807, 2.05) is 0 Å². The standard InChI is InChI=1S/C10H16N2O2/c1-2-9(13)12-10(14)11-8-6-4-3-5-7-8/h2,8H,1,3-7H2,(H2,11,12,13,14). The van der Waals surface area contributed by atoms with Crippen LogP contribution in [0.1, 0.15) is 32.1 Å². The first kappa shape index (κ1) is 10.8. The Balaban J connectivity index is 2.25. The van der Waals surface area contributed by atoms with Gasteiger partial charge in [0.1, 0.15) is 0 Å². The van der Waals surface area contributed by atoms with Crippen LogP contribution >= 0.6 is 0 Å². The predicted molar refractivity (Wildman–Crippen MR) is 53.7 cm³/mol. The molecule has 0 saturated heterocycles. The van der Waals surface area contributed by atoms with Crippen molar-refractivity contribution in [2.24, 2.45) is 0 Å². The molecule has 0 bridgehead atoms. The first-order valence-electron chi connectivity index (χ1n) is 4.96. The van der Waals surface area contributed by atoms with Crippen molar-refractivity contribution in [3.63, 3.8) is 0 Å². The zero-order valence-corrected chi connectivity index (χ0v) is 8.21. The lowest BCUT2D eigenvalue weighted by molar-refractivity contribution is -0.115. The van der Waals surface area contributed by atoms with Gasteiger partial charge in [0, 0.05) is 6.04 Å². The van der Waals surface area contributed by atoms with Crippen molar-refractivity contribution < 1.29 is 9.59 Å². The third kappa shape index (κ3) is 3.60. The maximum Gasteiger partial charge on any atom is 0.321 e. The minimum absolute atomic E-state index is 0.223. The highest BCUT2D eigenvalue weighted by Gasteiger charge is 2.15. The van der Waals surface area contributed by atoms with E-state index in [1.54, 1.807) is 0 Å². The van der Waals surface area contributed by atoms with Crippen LogP contribution in [0.25, 0.3) is 0 Å². The van der Waals surface area contributed by atoms with Crippen LogP contribution in [0.3, 0.4) is 0 Å². The molecule has 1 fully saturated rings. The maximum absolute atomic E-state index is 11.2. The van der Waals surface area contributed by atoms with Gasteiger partial charge < -0.3 is 5.32 Å². The summed E-state index contributed by atoms with van der Waals surface area (Å²) in [7, 11) is 0. The largest absolute Gasteiger partial charge is 0.335 e. The van der Waals surface area contributed by atoms with Crippen molar-refractivity contribution in [1.29, 1.82) is 0 Å². The number of urea groups is 1. The molecule has 1 rings (SSSR count). The monoisotopic (exact) mass is 196 g/mol. The van der Waals surface area contributed by atoms with E-state index in [0.717, 1.165) is 31.8 Å². The van der Waals surface area contributed by atoms with Gasteiger partial charge in [-0.05, 0) is 18.9 Å².